The zero-order valence-corrected chi connectivity index (χ0v) is 10.5. The molecule has 1 aliphatic heterocycles. The van der Waals surface area contributed by atoms with Gasteiger partial charge in [-0.2, -0.15) is 0 Å². The van der Waals surface area contributed by atoms with Gasteiger partial charge in [0.05, 0.1) is 18.8 Å². The first kappa shape index (κ1) is 12.3. The molecule has 0 radical (unpaired) electrons. The summed E-state index contributed by atoms with van der Waals surface area (Å²) in [7, 11) is 0. The maximum atomic E-state index is 9.43. The highest BCUT2D eigenvalue weighted by molar-refractivity contribution is 5.40. The van der Waals surface area contributed by atoms with Crippen LogP contribution in [0.5, 0.6) is 0 Å². The molecule has 94 valence electrons. The van der Waals surface area contributed by atoms with Crippen LogP contribution >= 0.6 is 0 Å². The maximum Gasteiger partial charge on any atom is 0.128 e. The summed E-state index contributed by atoms with van der Waals surface area (Å²) in [5.41, 5.74) is 0.856. The van der Waals surface area contributed by atoms with Crippen molar-refractivity contribution in [1.82, 2.24) is 4.98 Å². The molecule has 2 rings (SSSR count). The van der Waals surface area contributed by atoms with Gasteiger partial charge in [0.25, 0.3) is 0 Å². The molecule has 1 saturated heterocycles. The second kappa shape index (κ2) is 5.47. The zero-order valence-electron chi connectivity index (χ0n) is 10.5. The predicted octanol–water partition coefficient (Wildman–Crippen LogP) is 1.75. The number of rotatable bonds is 3. The molecule has 0 amide bonds. The molecular formula is C13H20N2O2. The van der Waals surface area contributed by atoms with Crippen molar-refractivity contribution in [3.05, 3.63) is 23.9 Å². The van der Waals surface area contributed by atoms with E-state index in [-0.39, 0.29) is 0 Å². The van der Waals surface area contributed by atoms with Crippen LogP contribution in [0.2, 0.25) is 0 Å². The standard InChI is InChI=1S/C13H20N2O2/c1-3-12-9-15(6-7-17-12)13-5-4-11(8-14-13)10(2)16/h4-5,8,10,12,16H,3,6-7,9H2,1-2H3/t10-,12?/m0/s1. The van der Waals surface area contributed by atoms with Crippen molar-refractivity contribution < 1.29 is 9.84 Å². The van der Waals surface area contributed by atoms with Crippen molar-refractivity contribution in [2.75, 3.05) is 24.6 Å². The number of pyridine rings is 1. The van der Waals surface area contributed by atoms with Crippen LogP contribution in [0.3, 0.4) is 0 Å². The number of hydrogen-bond donors (Lipinski definition) is 1. The Kier molecular flexibility index (Phi) is 3.97. The van der Waals surface area contributed by atoms with Crippen LogP contribution in [0.4, 0.5) is 5.82 Å². The normalized spacial score (nSPS) is 22.5. The van der Waals surface area contributed by atoms with Crippen molar-refractivity contribution in [1.29, 1.82) is 0 Å². The van der Waals surface area contributed by atoms with Gasteiger partial charge >= 0.3 is 0 Å². The number of aromatic nitrogens is 1. The van der Waals surface area contributed by atoms with Crippen LogP contribution in [-0.4, -0.2) is 35.9 Å². The summed E-state index contributed by atoms with van der Waals surface area (Å²) in [5, 5.41) is 9.43. The molecule has 4 heteroatoms. The summed E-state index contributed by atoms with van der Waals surface area (Å²) < 4.78 is 5.63. The van der Waals surface area contributed by atoms with Gasteiger partial charge in [-0.15, -0.1) is 0 Å². The Morgan fingerprint density at radius 1 is 1.59 bits per heavy atom. The number of morpholine rings is 1. The van der Waals surface area contributed by atoms with Crippen molar-refractivity contribution in [2.24, 2.45) is 0 Å². The van der Waals surface area contributed by atoms with Gasteiger partial charge in [-0.3, -0.25) is 0 Å². The Morgan fingerprint density at radius 2 is 2.41 bits per heavy atom. The van der Waals surface area contributed by atoms with E-state index in [0.717, 1.165) is 37.5 Å². The van der Waals surface area contributed by atoms with E-state index in [1.54, 1.807) is 13.1 Å². The molecule has 1 aromatic rings. The summed E-state index contributed by atoms with van der Waals surface area (Å²) in [6.45, 7) is 6.43. The lowest BCUT2D eigenvalue weighted by molar-refractivity contribution is 0.0381. The molecule has 1 unspecified atom stereocenters. The summed E-state index contributed by atoms with van der Waals surface area (Å²) in [6, 6.07) is 3.91. The fraction of sp³-hybridized carbons (Fsp3) is 0.615. The minimum absolute atomic E-state index is 0.307. The smallest absolute Gasteiger partial charge is 0.128 e. The van der Waals surface area contributed by atoms with Crippen LogP contribution < -0.4 is 4.90 Å². The van der Waals surface area contributed by atoms with Gasteiger partial charge in [0.1, 0.15) is 5.82 Å². The first-order chi connectivity index (χ1) is 8.20. The van der Waals surface area contributed by atoms with Gasteiger partial charge in [-0.25, -0.2) is 4.98 Å². The largest absolute Gasteiger partial charge is 0.389 e. The second-order valence-corrected chi connectivity index (χ2v) is 4.47. The van der Waals surface area contributed by atoms with Crippen LogP contribution in [0.1, 0.15) is 31.9 Å². The van der Waals surface area contributed by atoms with E-state index in [4.69, 9.17) is 4.74 Å². The molecule has 1 aromatic heterocycles. The minimum Gasteiger partial charge on any atom is -0.389 e. The lowest BCUT2D eigenvalue weighted by atomic mass is 10.2. The monoisotopic (exact) mass is 236 g/mol. The molecule has 4 nitrogen and oxygen atoms in total. The molecule has 0 spiro atoms. The van der Waals surface area contributed by atoms with Gasteiger partial charge < -0.3 is 14.7 Å². The molecule has 2 atom stereocenters. The van der Waals surface area contributed by atoms with Crippen LogP contribution in [0.25, 0.3) is 0 Å². The summed E-state index contributed by atoms with van der Waals surface area (Å²) in [6.07, 6.45) is 2.63. The van der Waals surface area contributed by atoms with Gasteiger partial charge in [0.2, 0.25) is 0 Å². The van der Waals surface area contributed by atoms with Gasteiger partial charge in [-0.1, -0.05) is 13.0 Å². The molecule has 0 saturated carbocycles. The Morgan fingerprint density at radius 3 is 3.00 bits per heavy atom. The van der Waals surface area contributed by atoms with Crippen molar-refractivity contribution in [2.45, 2.75) is 32.5 Å². The van der Waals surface area contributed by atoms with Crippen LogP contribution in [0.15, 0.2) is 18.3 Å². The SMILES string of the molecule is CCC1CN(c2ccc([C@H](C)O)cn2)CCO1. The number of nitrogens with zero attached hydrogens (tertiary/aromatic N) is 2. The third-order valence-corrected chi connectivity index (χ3v) is 3.17. The molecule has 17 heavy (non-hydrogen) atoms. The lowest BCUT2D eigenvalue weighted by Crippen LogP contribution is -2.42. The number of hydrogen-bond acceptors (Lipinski definition) is 4. The third kappa shape index (κ3) is 2.96. The van der Waals surface area contributed by atoms with Crippen molar-refractivity contribution in [3.63, 3.8) is 0 Å². The fourth-order valence-electron chi connectivity index (χ4n) is 2.01. The Labute approximate surface area is 102 Å². The number of aliphatic hydroxyl groups is 1. The molecule has 0 aromatic carbocycles. The quantitative estimate of drug-likeness (QED) is 0.868. The highest BCUT2D eigenvalue weighted by Crippen LogP contribution is 2.18. The van der Waals surface area contributed by atoms with E-state index < -0.39 is 6.10 Å². The summed E-state index contributed by atoms with van der Waals surface area (Å²) in [4.78, 5) is 6.64. The third-order valence-electron chi connectivity index (χ3n) is 3.17. The van der Waals surface area contributed by atoms with E-state index >= 15 is 0 Å². The van der Waals surface area contributed by atoms with Gasteiger partial charge in [0, 0.05) is 19.3 Å². The number of anilines is 1. The molecule has 2 heterocycles. The molecule has 1 N–H and O–H groups in total. The highest BCUT2D eigenvalue weighted by Gasteiger charge is 2.19. The average molecular weight is 236 g/mol. The first-order valence-electron chi connectivity index (χ1n) is 6.21. The average Bonchev–Trinajstić information content (AvgIpc) is 2.39. The highest BCUT2D eigenvalue weighted by atomic mass is 16.5. The van der Waals surface area contributed by atoms with E-state index in [0.29, 0.717) is 6.10 Å². The minimum atomic E-state index is -0.454. The van der Waals surface area contributed by atoms with Crippen LogP contribution in [0, 0.1) is 0 Å². The Bertz CT molecular complexity index is 351. The van der Waals surface area contributed by atoms with Crippen LogP contribution in [-0.2, 0) is 4.74 Å². The second-order valence-electron chi connectivity index (χ2n) is 4.47. The predicted molar refractivity (Wildman–Crippen MR) is 67.1 cm³/mol. The molecule has 0 bridgehead atoms. The number of ether oxygens (including phenoxy) is 1. The Hall–Kier alpha value is -1.13. The fourth-order valence-corrected chi connectivity index (χ4v) is 2.01. The maximum absolute atomic E-state index is 9.43. The molecular weight excluding hydrogens is 216 g/mol. The molecule has 1 fully saturated rings. The molecule has 1 aliphatic rings. The summed E-state index contributed by atoms with van der Waals surface area (Å²) in [5.74, 6) is 0.969. The Balaban J connectivity index is 2.06. The summed E-state index contributed by atoms with van der Waals surface area (Å²) >= 11 is 0. The van der Waals surface area contributed by atoms with Crippen molar-refractivity contribution in [3.8, 4) is 0 Å². The van der Waals surface area contributed by atoms with Gasteiger partial charge in [-0.05, 0) is 25.0 Å². The topological polar surface area (TPSA) is 45.6 Å². The lowest BCUT2D eigenvalue weighted by Gasteiger charge is -2.33. The van der Waals surface area contributed by atoms with Gasteiger partial charge in [0.15, 0.2) is 0 Å². The first-order valence-corrected chi connectivity index (χ1v) is 6.21. The number of aliphatic hydroxyl groups excluding tert-OH is 1. The van der Waals surface area contributed by atoms with Crippen molar-refractivity contribution >= 4 is 5.82 Å². The van der Waals surface area contributed by atoms with E-state index in [2.05, 4.69) is 16.8 Å². The van der Waals surface area contributed by atoms with E-state index in [1.807, 2.05) is 12.1 Å². The van der Waals surface area contributed by atoms with E-state index in [9.17, 15) is 5.11 Å². The van der Waals surface area contributed by atoms with E-state index in [1.165, 1.54) is 0 Å². The molecule has 0 aliphatic carbocycles. The zero-order chi connectivity index (χ0) is 12.3.